The Hall–Kier alpha value is -5.22. The minimum Gasteiger partial charge on any atom is -0.444 e. The molecule has 2 aromatic carbocycles. The molecule has 4 unspecified atom stereocenters. The molecule has 16 nitrogen and oxygen atoms in total. The summed E-state index contributed by atoms with van der Waals surface area (Å²) in [6.45, 7) is 20.2. The van der Waals surface area contributed by atoms with E-state index in [0.717, 1.165) is 63.0 Å². The Morgan fingerprint density at radius 3 is 1.66 bits per heavy atom. The van der Waals surface area contributed by atoms with Crippen LogP contribution in [-0.2, 0) is 41.5 Å². The summed E-state index contributed by atoms with van der Waals surface area (Å²) in [5, 5.41) is 17.8. The lowest BCUT2D eigenvalue weighted by atomic mass is 9.60. The summed E-state index contributed by atoms with van der Waals surface area (Å²) in [7, 11) is 0. The molecule has 5 rings (SSSR count). The first kappa shape index (κ1) is 53.7. The average molecular weight is 945 g/mol. The zero-order valence-corrected chi connectivity index (χ0v) is 41.9. The van der Waals surface area contributed by atoms with Crippen molar-refractivity contribution in [1.82, 2.24) is 41.7 Å². The molecular formula is C52H80N8O8. The first-order valence-electron chi connectivity index (χ1n) is 24.9. The first-order valence-corrected chi connectivity index (χ1v) is 24.9. The van der Waals surface area contributed by atoms with E-state index in [9.17, 15) is 28.8 Å². The molecule has 2 aliphatic heterocycles. The van der Waals surface area contributed by atoms with Crippen molar-refractivity contribution in [2.45, 2.75) is 161 Å². The van der Waals surface area contributed by atoms with E-state index in [-0.39, 0.29) is 36.5 Å². The van der Waals surface area contributed by atoms with Gasteiger partial charge in [0.15, 0.2) is 0 Å². The predicted octanol–water partition coefficient (Wildman–Crippen LogP) is 5.24. The van der Waals surface area contributed by atoms with E-state index in [2.05, 4.69) is 36.8 Å². The minimum atomic E-state index is -1.14. The van der Waals surface area contributed by atoms with Gasteiger partial charge in [0.1, 0.15) is 35.4 Å². The zero-order chi connectivity index (χ0) is 49.5. The summed E-state index contributed by atoms with van der Waals surface area (Å²) in [6.07, 6.45) is 4.75. The molecule has 2 aromatic rings. The molecule has 4 atom stereocenters. The Balaban J connectivity index is 1.30. The smallest absolute Gasteiger partial charge is 0.408 e. The molecule has 6 amide bonds. The van der Waals surface area contributed by atoms with E-state index < -0.39 is 65.3 Å². The van der Waals surface area contributed by atoms with Gasteiger partial charge in [0.2, 0.25) is 23.6 Å². The molecule has 0 aromatic heterocycles. The second-order valence-corrected chi connectivity index (χ2v) is 21.5. The second kappa shape index (κ2) is 24.9. The summed E-state index contributed by atoms with van der Waals surface area (Å²) < 4.78 is 10.9. The highest BCUT2D eigenvalue weighted by molar-refractivity contribution is 5.95. The summed E-state index contributed by atoms with van der Waals surface area (Å²) in [5.41, 5.74) is 0.349. The van der Waals surface area contributed by atoms with Crippen LogP contribution in [0.3, 0.4) is 0 Å². The number of rotatable bonds is 20. The predicted molar refractivity (Wildman–Crippen MR) is 262 cm³/mol. The van der Waals surface area contributed by atoms with Crippen LogP contribution in [-0.4, -0.2) is 133 Å². The fourth-order valence-electron chi connectivity index (χ4n) is 9.40. The third-order valence-electron chi connectivity index (χ3n) is 12.9. The number of carbonyl (C=O) groups is 6. The van der Waals surface area contributed by atoms with Crippen LogP contribution in [0.2, 0.25) is 0 Å². The second-order valence-electron chi connectivity index (χ2n) is 21.5. The third kappa shape index (κ3) is 17.7. The molecule has 2 heterocycles. The molecule has 2 saturated heterocycles. The Morgan fingerprint density at radius 1 is 0.647 bits per heavy atom. The number of piperidine rings is 1. The van der Waals surface area contributed by atoms with Gasteiger partial charge in [0, 0.05) is 64.7 Å². The van der Waals surface area contributed by atoms with Crippen LogP contribution in [0.25, 0.3) is 0 Å². The van der Waals surface area contributed by atoms with Crippen molar-refractivity contribution < 1.29 is 38.2 Å². The van der Waals surface area contributed by atoms with Gasteiger partial charge in [-0.3, -0.25) is 24.1 Å². The third-order valence-corrected chi connectivity index (χ3v) is 12.9. The average Bonchev–Trinajstić information content (AvgIpc) is 3.26. The summed E-state index contributed by atoms with van der Waals surface area (Å²) >= 11 is 0. The van der Waals surface area contributed by atoms with Gasteiger partial charge in [-0.25, -0.2) is 9.59 Å². The van der Waals surface area contributed by atoms with Crippen molar-refractivity contribution in [1.29, 1.82) is 0 Å². The maximum atomic E-state index is 14.5. The van der Waals surface area contributed by atoms with E-state index in [1.165, 1.54) is 0 Å². The van der Waals surface area contributed by atoms with E-state index >= 15 is 0 Å². The summed E-state index contributed by atoms with van der Waals surface area (Å²) in [5.74, 6) is -1.87. The number of nitrogens with zero attached hydrogens (tertiary/aromatic N) is 2. The highest BCUT2D eigenvalue weighted by Crippen LogP contribution is 2.51. The maximum absolute atomic E-state index is 14.5. The Bertz CT molecular complexity index is 1950. The van der Waals surface area contributed by atoms with Crippen molar-refractivity contribution in [3.63, 3.8) is 0 Å². The zero-order valence-electron chi connectivity index (χ0n) is 41.9. The Kier molecular flexibility index (Phi) is 19.7. The fourth-order valence-corrected chi connectivity index (χ4v) is 9.40. The molecule has 68 heavy (non-hydrogen) atoms. The van der Waals surface area contributed by atoms with Crippen molar-refractivity contribution in [3.05, 3.63) is 71.8 Å². The lowest BCUT2D eigenvalue weighted by molar-refractivity contribution is -0.141. The van der Waals surface area contributed by atoms with Gasteiger partial charge in [0.25, 0.3) is 0 Å². The van der Waals surface area contributed by atoms with Gasteiger partial charge in [-0.1, -0.05) is 74.5 Å². The molecule has 376 valence electrons. The highest BCUT2D eigenvalue weighted by Gasteiger charge is 2.48. The quantitative estimate of drug-likeness (QED) is 0.0956. The molecule has 1 saturated carbocycles. The van der Waals surface area contributed by atoms with E-state index in [4.69, 9.17) is 9.47 Å². The number of nitrogens with one attached hydrogen (secondary N) is 6. The monoisotopic (exact) mass is 945 g/mol. The van der Waals surface area contributed by atoms with Gasteiger partial charge in [-0.15, -0.1) is 0 Å². The van der Waals surface area contributed by atoms with E-state index in [1.54, 1.807) is 41.5 Å². The molecule has 3 aliphatic rings. The van der Waals surface area contributed by atoms with E-state index in [0.29, 0.717) is 44.9 Å². The fraction of sp³-hybridized carbons (Fsp3) is 0.654. The number of alkyl carbamates (subject to hydrolysis) is 2. The van der Waals surface area contributed by atoms with E-state index in [1.807, 2.05) is 79.4 Å². The molecule has 3 fully saturated rings. The van der Waals surface area contributed by atoms with Crippen molar-refractivity contribution in [2.75, 3.05) is 45.8 Å². The number of piperazine rings is 1. The summed E-state index contributed by atoms with van der Waals surface area (Å²) in [4.78, 5) is 87.5. The molecular weight excluding hydrogens is 865 g/mol. The SMILES string of the molecule is CC(C)CC(NC(=O)C(Cc1ccccc1)NC(=O)C(Cc1ccccc1)NC(=O)OC(C)(C)C)C(=O)NC(CCCCNC(=O)OC(C)(C)C)C(=O)N1CCC2(CC1)CC(N1CCNCC1)C2. The van der Waals surface area contributed by atoms with Crippen LogP contribution in [0.15, 0.2) is 60.7 Å². The first-order chi connectivity index (χ1) is 32.2. The van der Waals surface area contributed by atoms with Crippen LogP contribution in [0.5, 0.6) is 0 Å². The molecule has 16 heteroatoms. The number of likely N-dealkylation sites (tertiary alicyclic amines) is 1. The topological polar surface area (TPSA) is 200 Å². The van der Waals surface area contributed by atoms with Crippen LogP contribution in [0, 0.1) is 11.3 Å². The van der Waals surface area contributed by atoms with Crippen LogP contribution in [0.1, 0.15) is 118 Å². The number of hydrogen-bond acceptors (Lipinski definition) is 10. The lowest BCUT2D eigenvalue weighted by Crippen LogP contribution is -2.61. The van der Waals surface area contributed by atoms with Gasteiger partial charge < -0.3 is 46.3 Å². The largest absolute Gasteiger partial charge is 0.444 e. The minimum absolute atomic E-state index is 0.0274. The number of carbonyl (C=O) groups excluding carboxylic acids is 6. The van der Waals surface area contributed by atoms with Gasteiger partial charge in [0.05, 0.1) is 0 Å². The Morgan fingerprint density at radius 2 is 1.13 bits per heavy atom. The van der Waals surface area contributed by atoms with Gasteiger partial charge >= 0.3 is 12.2 Å². The Labute approximate surface area is 404 Å². The number of ether oxygens (including phenoxy) is 2. The molecule has 0 radical (unpaired) electrons. The van der Waals surface area contributed by atoms with Crippen molar-refractivity contribution in [2.24, 2.45) is 11.3 Å². The van der Waals surface area contributed by atoms with Crippen LogP contribution in [0.4, 0.5) is 9.59 Å². The number of unbranched alkanes of at least 4 members (excludes halogenated alkanes) is 1. The number of benzene rings is 2. The van der Waals surface area contributed by atoms with Gasteiger partial charge in [-0.05, 0) is 115 Å². The van der Waals surface area contributed by atoms with Gasteiger partial charge in [-0.2, -0.15) is 0 Å². The van der Waals surface area contributed by atoms with Crippen LogP contribution >= 0.6 is 0 Å². The standard InChI is InChI=1S/C52H80N8O8/c1-36(2)31-41(56-45(62)42(32-37-17-11-9-12-18-37)57-46(63)43(33-38-19-13-10-14-20-38)58-49(66)68-51(6,7)8)44(61)55-40(21-15-16-24-54-48(65)67-50(3,4)5)47(64)60-27-22-52(23-28-60)34-39(35-52)59-29-25-53-26-30-59/h9-14,17-20,36,39-43,53H,15-16,21-35H2,1-8H3,(H,54,65)(H,55,61)(H,56,62)(H,57,63)(H,58,66). The summed E-state index contributed by atoms with van der Waals surface area (Å²) in [6, 6.07) is 14.9. The molecule has 6 N–H and O–H groups in total. The van der Waals surface area contributed by atoms with Crippen LogP contribution < -0.4 is 31.9 Å². The highest BCUT2D eigenvalue weighted by atomic mass is 16.6. The molecule has 1 aliphatic carbocycles. The number of hydrogen-bond donors (Lipinski definition) is 6. The maximum Gasteiger partial charge on any atom is 0.408 e. The molecule has 1 spiro atoms. The normalized spacial score (nSPS) is 18.3. The molecule has 0 bridgehead atoms. The lowest BCUT2D eigenvalue weighted by Gasteiger charge is -2.56. The van der Waals surface area contributed by atoms with Crippen molar-refractivity contribution in [3.8, 4) is 0 Å². The number of amides is 6. The van der Waals surface area contributed by atoms with Crippen molar-refractivity contribution >= 4 is 35.8 Å².